The number of hydrogen-bond acceptors (Lipinski definition) is 4. The fourth-order valence-corrected chi connectivity index (χ4v) is 2.83. The van der Waals surface area contributed by atoms with Crippen LogP contribution in [-0.4, -0.2) is 35.0 Å². The summed E-state index contributed by atoms with van der Waals surface area (Å²) in [6.45, 7) is 7.39. The van der Waals surface area contributed by atoms with Crippen LogP contribution in [0.25, 0.3) is 0 Å². The molecule has 20 heavy (non-hydrogen) atoms. The van der Waals surface area contributed by atoms with Gasteiger partial charge in [-0.3, -0.25) is 0 Å². The largest absolute Gasteiger partial charge is 0.466 e. The zero-order valence-corrected chi connectivity index (χ0v) is 12.9. The maximum Gasteiger partial charge on any atom is 0.331 e. The first-order chi connectivity index (χ1) is 9.12. The van der Waals surface area contributed by atoms with Crippen LogP contribution in [0.2, 0.25) is 0 Å². The molecule has 112 valence electrons. The molecule has 0 bridgehead atoms. The number of hydrogen-bond donors (Lipinski definition) is 2. The molecule has 1 aliphatic rings. The van der Waals surface area contributed by atoms with E-state index in [0.29, 0.717) is 18.4 Å². The van der Waals surface area contributed by atoms with Crippen molar-refractivity contribution in [1.82, 2.24) is 0 Å². The lowest BCUT2D eigenvalue weighted by Gasteiger charge is -2.48. The summed E-state index contributed by atoms with van der Waals surface area (Å²) in [6.07, 6.45) is 1.91. The number of methoxy groups -OCH3 is 1. The fraction of sp³-hybridized carbons (Fsp3) is 0.688. The molecule has 0 saturated heterocycles. The summed E-state index contributed by atoms with van der Waals surface area (Å²) in [6, 6.07) is 0. The Morgan fingerprint density at radius 3 is 2.55 bits per heavy atom. The number of allylic oxidation sites excluding steroid dienone is 1. The SMILES string of the molecule is COC(=O)/C=C(/C)C#C[C@@]1(O)[C@@H](C)C[C@@H](O)CC1(C)C. The van der Waals surface area contributed by atoms with E-state index in [1.54, 1.807) is 6.92 Å². The van der Waals surface area contributed by atoms with Crippen LogP contribution in [-0.2, 0) is 9.53 Å². The standard InChI is InChI=1S/C16H24O4/c1-11(8-14(18)20-5)6-7-16(19)12(2)9-13(17)10-15(16,3)4/h8,12-13,17,19H,9-10H2,1-5H3/b11-8-/t12-,13+,16+/m0/s1. The van der Waals surface area contributed by atoms with Gasteiger partial charge in [-0.25, -0.2) is 4.79 Å². The second-order valence-corrected chi connectivity index (χ2v) is 6.25. The molecule has 0 heterocycles. The van der Waals surface area contributed by atoms with E-state index in [-0.39, 0.29) is 5.92 Å². The Kier molecular flexibility index (Phi) is 5.01. The Morgan fingerprint density at radius 2 is 2.05 bits per heavy atom. The average Bonchev–Trinajstić information content (AvgIpc) is 2.32. The molecular weight excluding hydrogens is 256 g/mol. The second-order valence-electron chi connectivity index (χ2n) is 6.25. The van der Waals surface area contributed by atoms with Crippen molar-refractivity contribution in [3.63, 3.8) is 0 Å². The first-order valence-corrected chi connectivity index (χ1v) is 6.82. The van der Waals surface area contributed by atoms with Gasteiger partial charge in [0.25, 0.3) is 0 Å². The lowest BCUT2D eigenvalue weighted by atomic mass is 9.60. The third kappa shape index (κ3) is 3.41. The molecule has 0 radical (unpaired) electrons. The van der Waals surface area contributed by atoms with Crippen LogP contribution in [0.3, 0.4) is 0 Å². The highest BCUT2D eigenvalue weighted by Gasteiger charge is 2.51. The third-order valence-electron chi connectivity index (χ3n) is 4.10. The molecule has 4 heteroatoms. The van der Waals surface area contributed by atoms with Crippen molar-refractivity contribution >= 4 is 5.97 Å². The van der Waals surface area contributed by atoms with Gasteiger partial charge in [0.1, 0.15) is 5.60 Å². The molecule has 1 rings (SSSR count). The van der Waals surface area contributed by atoms with Gasteiger partial charge in [-0.2, -0.15) is 0 Å². The van der Waals surface area contributed by atoms with E-state index in [4.69, 9.17) is 0 Å². The quantitative estimate of drug-likeness (QED) is 0.435. The van der Waals surface area contributed by atoms with Gasteiger partial charge in [0, 0.05) is 17.1 Å². The molecule has 0 aromatic heterocycles. The number of carbonyl (C=O) groups is 1. The molecule has 1 fully saturated rings. The minimum atomic E-state index is -1.18. The third-order valence-corrected chi connectivity index (χ3v) is 4.10. The molecule has 2 N–H and O–H groups in total. The van der Waals surface area contributed by atoms with Gasteiger partial charge < -0.3 is 14.9 Å². The van der Waals surface area contributed by atoms with E-state index in [1.807, 2.05) is 20.8 Å². The maximum absolute atomic E-state index is 11.1. The molecule has 4 nitrogen and oxygen atoms in total. The zero-order valence-electron chi connectivity index (χ0n) is 12.9. The number of ether oxygens (including phenoxy) is 1. The van der Waals surface area contributed by atoms with E-state index in [2.05, 4.69) is 16.6 Å². The molecule has 0 unspecified atom stereocenters. The van der Waals surface area contributed by atoms with Crippen molar-refractivity contribution in [2.24, 2.45) is 11.3 Å². The van der Waals surface area contributed by atoms with Crippen LogP contribution < -0.4 is 0 Å². The van der Waals surface area contributed by atoms with Crippen molar-refractivity contribution in [2.75, 3.05) is 7.11 Å². The monoisotopic (exact) mass is 280 g/mol. The molecule has 0 aliphatic heterocycles. The molecule has 0 spiro atoms. The van der Waals surface area contributed by atoms with Gasteiger partial charge in [-0.1, -0.05) is 32.6 Å². The number of aliphatic hydroxyl groups is 2. The second kappa shape index (κ2) is 5.99. The molecule has 0 aromatic carbocycles. The summed E-state index contributed by atoms with van der Waals surface area (Å²) in [5, 5.41) is 20.7. The first-order valence-electron chi connectivity index (χ1n) is 6.82. The highest BCUT2D eigenvalue weighted by Crippen LogP contribution is 2.46. The molecule has 3 atom stereocenters. The summed E-state index contributed by atoms with van der Waals surface area (Å²) < 4.78 is 4.54. The van der Waals surface area contributed by atoms with E-state index < -0.39 is 23.1 Å². The minimum Gasteiger partial charge on any atom is -0.466 e. The topological polar surface area (TPSA) is 66.8 Å². The zero-order chi connectivity index (χ0) is 15.6. The normalized spacial score (nSPS) is 33.0. The smallest absolute Gasteiger partial charge is 0.331 e. The first kappa shape index (κ1) is 16.7. The number of rotatable bonds is 1. The van der Waals surface area contributed by atoms with Crippen molar-refractivity contribution < 1.29 is 19.7 Å². The predicted molar refractivity (Wildman–Crippen MR) is 76.7 cm³/mol. The Labute approximate surface area is 120 Å². The van der Waals surface area contributed by atoms with Gasteiger partial charge in [-0.05, 0) is 25.7 Å². The summed E-state index contributed by atoms with van der Waals surface area (Å²) >= 11 is 0. The Balaban J connectivity index is 3.05. The molecule has 1 saturated carbocycles. The molecule has 0 aromatic rings. The highest BCUT2D eigenvalue weighted by molar-refractivity contribution is 5.83. The fourth-order valence-electron chi connectivity index (χ4n) is 2.83. The Morgan fingerprint density at radius 1 is 1.45 bits per heavy atom. The van der Waals surface area contributed by atoms with Crippen LogP contribution in [0.5, 0.6) is 0 Å². The van der Waals surface area contributed by atoms with E-state index >= 15 is 0 Å². The van der Waals surface area contributed by atoms with Crippen LogP contribution in [0.15, 0.2) is 11.6 Å². The van der Waals surface area contributed by atoms with E-state index in [0.717, 1.165) is 0 Å². The van der Waals surface area contributed by atoms with Gasteiger partial charge in [0.2, 0.25) is 0 Å². The van der Waals surface area contributed by atoms with Crippen molar-refractivity contribution in [3.8, 4) is 11.8 Å². The van der Waals surface area contributed by atoms with E-state index in [9.17, 15) is 15.0 Å². The molecule has 0 amide bonds. The lowest BCUT2D eigenvalue weighted by Crippen LogP contribution is -2.54. The highest BCUT2D eigenvalue weighted by atomic mass is 16.5. The van der Waals surface area contributed by atoms with Crippen LogP contribution in [0.1, 0.15) is 40.5 Å². The predicted octanol–water partition coefficient (Wildman–Crippen LogP) is 1.66. The Hall–Kier alpha value is -1.31. The van der Waals surface area contributed by atoms with Crippen molar-refractivity contribution in [3.05, 3.63) is 11.6 Å². The summed E-state index contributed by atoms with van der Waals surface area (Å²) in [5.74, 6) is 5.14. The van der Waals surface area contributed by atoms with Crippen LogP contribution in [0.4, 0.5) is 0 Å². The van der Waals surface area contributed by atoms with Crippen LogP contribution >= 0.6 is 0 Å². The molecule has 1 aliphatic carbocycles. The number of aliphatic hydroxyl groups excluding tert-OH is 1. The van der Waals surface area contributed by atoms with Gasteiger partial charge >= 0.3 is 5.97 Å². The summed E-state index contributed by atoms with van der Waals surface area (Å²) in [4.78, 5) is 11.1. The van der Waals surface area contributed by atoms with E-state index in [1.165, 1.54) is 13.2 Å². The minimum absolute atomic E-state index is 0.139. The molecular formula is C16H24O4. The van der Waals surface area contributed by atoms with Gasteiger partial charge in [0.15, 0.2) is 0 Å². The summed E-state index contributed by atoms with van der Waals surface area (Å²) in [5.41, 5.74) is -1.15. The lowest BCUT2D eigenvalue weighted by molar-refractivity contribution is -0.134. The average molecular weight is 280 g/mol. The Bertz CT molecular complexity index is 467. The summed E-state index contributed by atoms with van der Waals surface area (Å²) in [7, 11) is 1.31. The maximum atomic E-state index is 11.1. The van der Waals surface area contributed by atoms with Crippen LogP contribution in [0, 0.1) is 23.2 Å². The van der Waals surface area contributed by atoms with Gasteiger partial charge in [0.05, 0.1) is 13.2 Å². The van der Waals surface area contributed by atoms with Crippen molar-refractivity contribution in [1.29, 1.82) is 0 Å². The number of carbonyl (C=O) groups excluding carboxylic acids is 1. The van der Waals surface area contributed by atoms with Crippen molar-refractivity contribution in [2.45, 2.75) is 52.2 Å². The number of esters is 1. The van der Waals surface area contributed by atoms with Gasteiger partial charge in [-0.15, -0.1) is 0 Å².